The van der Waals surface area contributed by atoms with Gasteiger partial charge in [-0.15, -0.1) is 0 Å². The summed E-state index contributed by atoms with van der Waals surface area (Å²) in [6.45, 7) is 2.38. The fraction of sp³-hybridized carbons (Fsp3) is 0.152. The minimum absolute atomic E-state index is 0. The SMILES string of the molecule is C[C@@H]1N(C2(c3ccccc3)c3ccccc3-c3ccccc32)COC1(O)[C]1[CH][CH][CH][CH]1.[CH]1[CH][CH][CH][CH]1.[Fe+2]. The first kappa shape index (κ1) is 26.7. The van der Waals surface area contributed by atoms with E-state index in [0.29, 0.717) is 6.73 Å². The van der Waals surface area contributed by atoms with Gasteiger partial charge in [-0.05, 0) is 92.5 Å². The summed E-state index contributed by atoms with van der Waals surface area (Å²) in [5.41, 5.74) is 5.55. The summed E-state index contributed by atoms with van der Waals surface area (Å²) >= 11 is 0. The zero-order valence-corrected chi connectivity index (χ0v) is 21.7. The van der Waals surface area contributed by atoms with Gasteiger partial charge in [0.15, 0.2) is 5.79 Å². The van der Waals surface area contributed by atoms with Gasteiger partial charge in [0.05, 0.1) is 6.04 Å². The standard InChI is InChI=1S/C28H24NO2.C5H5.Fe/c1-20-28(30,22-13-5-6-14-22)31-19-29(20)27(21-11-3-2-4-12-21)25-17-9-7-15-23(25)24-16-8-10-18-26(24)27;1-2-4-5-3-1;/h2-18,20,30H,19H2,1H3;1-5H;/q;;+2/t20-,28?;;/m0../s1. The number of ether oxygens (including phenoxy) is 1. The van der Waals surface area contributed by atoms with Crippen LogP contribution in [0.1, 0.15) is 23.6 Å². The van der Waals surface area contributed by atoms with Crippen molar-refractivity contribution in [3.63, 3.8) is 0 Å². The zero-order chi connectivity index (χ0) is 24.6. The third kappa shape index (κ3) is 4.32. The number of nitrogens with zero attached hydrogens (tertiary/aromatic N) is 1. The fourth-order valence-corrected chi connectivity index (χ4v) is 5.93. The largest absolute Gasteiger partial charge is 2.00 e. The molecule has 7 rings (SSSR count). The Morgan fingerprint density at radius 2 is 1.19 bits per heavy atom. The normalized spacial score (nSPS) is 26.2. The van der Waals surface area contributed by atoms with Gasteiger partial charge in [-0.25, -0.2) is 0 Å². The average molecular weight is 527 g/mol. The molecule has 1 N–H and O–H groups in total. The second kappa shape index (κ2) is 11.0. The predicted octanol–water partition coefficient (Wildman–Crippen LogP) is 5.75. The van der Waals surface area contributed by atoms with Gasteiger partial charge >= 0.3 is 17.1 Å². The third-order valence-corrected chi connectivity index (χ3v) is 7.64. The molecule has 3 fully saturated rings. The van der Waals surface area contributed by atoms with Crippen molar-refractivity contribution >= 4 is 0 Å². The van der Waals surface area contributed by atoms with Crippen molar-refractivity contribution in [2.75, 3.05) is 6.73 Å². The molecule has 0 bridgehead atoms. The van der Waals surface area contributed by atoms with E-state index < -0.39 is 11.3 Å². The van der Waals surface area contributed by atoms with Crippen molar-refractivity contribution in [3.8, 4) is 11.1 Å². The predicted molar refractivity (Wildman–Crippen MR) is 142 cm³/mol. The maximum atomic E-state index is 11.6. The van der Waals surface area contributed by atoms with Crippen molar-refractivity contribution in [1.82, 2.24) is 4.90 Å². The van der Waals surface area contributed by atoms with Gasteiger partial charge in [0, 0.05) is 5.92 Å². The van der Waals surface area contributed by atoms with Crippen LogP contribution >= 0.6 is 0 Å². The molecule has 3 aliphatic carbocycles. The van der Waals surface area contributed by atoms with Crippen LogP contribution in [0, 0.1) is 63.7 Å². The smallest absolute Gasteiger partial charge is 0.364 e. The number of rotatable bonds is 3. The molecule has 10 radical (unpaired) electrons. The molecule has 1 unspecified atom stereocenters. The fourth-order valence-electron chi connectivity index (χ4n) is 5.93. The minimum atomic E-state index is -1.36. The van der Waals surface area contributed by atoms with Crippen LogP contribution in [0.15, 0.2) is 78.9 Å². The molecule has 3 aromatic rings. The molecule has 184 valence electrons. The average Bonchev–Trinajstić information content (AvgIpc) is 3.74. The maximum Gasteiger partial charge on any atom is 2.00 e. The van der Waals surface area contributed by atoms with E-state index in [9.17, 15) is 5.11 Å². The van der Waals surface area contributed by atoms with Gasteiger partial charge in [-0.1, -0.05) is 78.9 Å². The van der Waals surface area contributed by atoms with Crippen LogP contribution in [0.4, 0.5) is 0 Å². The summed E-state index contributed by atoms with van der Waals surface area (Å²) in [7, 11) is 0. The Hall–Kier alpha value is -1.94. The van der Waals surface area contributed by atoms with Crippen LogP contribution in [0.25, 0.3) is 11.1 Å². The van der Waals surface area contributed by atoms with Gasteiger partial charge in [-0.2, -0.15) is 0 Å². The van der Waals surface area contributed by atoms with Gasteiger partial charge in [-0.3, -0.25) is 4.90 Å². The molecular weight excluding hydrogens is 498 g/mol. The van der Waals surface area contributed by atoms with Crippen LogP contribution in [0.2, 0.25) is 0 Å². The Labute approximate surface area is 232 Å². The first-order chi connectivity index (χ1) is 17.7. The molecule has 1 heterocycles. The van der Waals surface area contributed by atoms with Crippen LogP contribution in [0.5, 0.6) is 0 Å². The molecule has 4 heteroatoms. The minimum Gasteiger partial charge on any atom is -0.364 e. The zero-order valence-electron chi connectivity index (χ0n) is 20.6. The topological polar surface area (TPSA) is 32.7 Å². The van der Waals surface area contributed by atoms with E-state index in [1.54, 1.807) is 0 Å². The van der Waals surface area contributed by atoms with E-state index in [2.05, 4.69) is 84.6 Å². The Balaban J connectivity index is 0.000000421. The van der Waals surface area contributed by atoms with Crippen molar-refractivity contribution in [3.05, 3.63) is 159 Å². The molecule has 0 amide bonds. The van der Waals surface area contributed by atoms with Gasteiger partial charge in [0.2, 0.25) is 0 Å². The van der Waals surface area contributed by atoms with Crippen LogP contribution in [-0.4, -0.2) is 28.6 Å². The van der Waals surface area contributed by atoms with E-state index in [1.165, 1.54) is 27.8 Å². The van der Waals surface area contributed by atoms with Crippen molar-refractivity contribution in [2.24, 2.45) is 0 Å². The molecule has 0 spiro atoms. The second-order valence-corrected chi connectivity index (χ2v) is 9.42. The first-order valence-corrected chi connectivity index (χ1v) is 12.4. The Morgan fingerprint density at radius 3 is 1.73 bits per heavy atom. The Bertz CT molecular complexity index is 1130. The Kier molecular flexibility index (Phi) is 7.96. The number of hydrogen-bond acceptors (Lipinski definition) is 3. The molecule has 1 saturated heterocycles. The maximum absolute atomic E-state index is 11.6. The molecule has 37 heavy (non-hydrogen) atoms. The van der Waals surface area contributed by atoms with E-state index in [-0.39, 0.29) is 23.1 Å². The van der Waals surface area contributed by atoms with Gasteiger partial charge < -0.3 is 9.84 Å². The number of hydrogen-bond donors (Lipinski definition) is 1. The molecule has 2 saturated carbocycles. The molecular formula is C33H29FeNO2+2. The molecule has 2 atom stereocenters. The molecule has 4 aliphatic rings. The van der Waals surface area contributed by atoms with E-state index in [1.807, 2.05) is 63.9 Å². The summed E-state index contributed by atoms with van der Waals surface area (Å²) in [5.74, 6) is -0.567. The molecule has 0 aromatic heterocycles. The monoisotopic (exact) mass is 527 g/mol. The number of aliphatic hydroxyl groups is 1. The second-order valence-electron chi connectivity index (χ2n) is 9.42. The summed E-state index contributed by atoms with van der Waals surface area (Å²) in [5, 5.41) is 11.6. The summed E-state index contributed by atoms with van der Waals surface area (Å²) in [4.78, 5) is 2.32. The summed E-state index contributed by atoms with van der Waals surface area (Å²) in [6, 6.07) is 27.6. The number of benzene rings is 3. The Morgan fingerprint density at radius 1 is 0.703 bits per heavy atom. The first-order valence-electron chi connectivity index (χ1n) is 12.4. The molecule has 1 aliphatic heterocycles. The quantitative estimate of drug-likeness (QED) is 0.441. The van der Waals surface area contributed by atoms with Crippen molar-refractivity contribution < 1.29 is 26.9 Å². The van der Waals surface area contributed by atoms with E-state index in [4.69, 9.17) is 4.74 Å². The molecule has 3 nitrogen and oxygen atoms in total. The van der Waals surface area contributed by atoms with Gasteiger partial charge in [0.1, 0.15) is 12.3 Å². The summed E-state index contributed by atoms with van der Waals surface area (Å²) < 4.78 is 6.18. The number of fused-ring (bicyclic) bond motifs is 3. The molecule has 3 aromatic carbocycles. The van der Waals surface area contributed by atoms with Gasteiger partial charge in [0.25, 0.3) is 0 Å². The van der Waals surface area contributed by atoms with Crippen LogP contribution < -0.4 is 0 Å². The van der Waals surface area contributed by atoms with Crippen LogP contribution in [-0.2, 0) is 27.3 Å². The van der Waals surface area contributed by atoms with Crippen molar-refractivity contribution in [1.29, 1.82) is 0 Å². The van der Waals surface area contributed by atoms with Crippen LogP contribution in [0.3, 0.4) is 0 Å². The third-order valence-electron chi connectivity index (χ3n) is 7.64. The summed E-state index contributed by atoms with van der Waals surface area (Å²) in [6.07, 6.45) is 17.8. The van der Waals surface area contributed by atoms with E-state index >= 15 is 0 Å². The van der Waals surface area contributed by atoms with E-state index in [0.717, 1.165) is 5.92 Å². The van der Waals surface area contributed by atoms with Crippen molar-refractivity contribution in [2.45, 2.75) is 24.3 Å².